The number of nitrogens with one attached hydrogen (secondary N) is 1. The van der Waals surface area contributed by atoms with E-state index in [4.69, 9.17) is 4.98 Å². The Morgan fingerprint density at radius 1 is 0.938 bits per heavy atom. The molecule has 1 amide bonds. The molecule has 0 aliphatic carbocycles. The summed E-state index contributed by atoms with van der Waals surface area (Å²) in [6.45, 7) is 5.46. The number of likely N-dealkylation sites (tertiary alicyclic amines) is 1. The minimum atomic E-state index is -4.22. The van der Waals surface area contributed by atoms with Gasteiger partial charge in [-0.1, -0.05) is 49.4 Å². The zero-order valence-electron chi connectivity index (χ0n) is 27.5. The highest BCUT2D eigenvalue weighted by Crippen LogP contribution is 2.45. The lowest BCUT2D eigenvalue weighted by Crippen LogP contribution is -2.49. The number of hydrogen-bond acceptors (Lipinski definition) is 5. The number of fused-ring (bicyclic) bond motifs is 3. The highest BCUT2D eigenvalue weighted by molar-refractivity contribution is 7.89. The average Bonchev–Trinajstić information content (AvgIpc) is 3.54. The van der Waals surface area contributed by atoms with Gasteiger partial charge in [-0.15, -0.1) is 0 Å². The second kappa shape index (κ2) is 13.0. The number of piperidine rings is 2. The van der Waals surface area contributed by atoms with E-state index < -0.39 is 38.0 Å². The van der Waals surface area contributed by atoms with Crippen LogP contribution in [-0.4, -0.2) is 71.9 Å². The van der Waals surface area contributed by atoms with Crippen LogP contribution in [0.3, 0.4) is 0 Å². The van der Waals surface area contributed by atoms with Gasteiger partial charge in [0.05, 0.1) is 16.6 Å². The van der Waals surface area contributed by atoms with E-state index in [1.54, 1.807) is 11.8 Å². The van der Waals surface area contributed by atoms with E-state index >= 15 is 0 Å². The first-order valence-electron chi connectivity index (χ1n) is 17.1. The van der Waals surface area contributed by atoms with Crippen LogP contribution < -0.4 is 4.72 Å². The topological polar surface area (TPSA) is 87.5 Å². The van der Waals surface area contributed by atoms with Crippen LogP contribution in [0.15, 0.2) is 71.6 Å². The van der Waals surface area contributed by atoms with Crippen molar-refractivity contribution in [3.8, 4) is 0 Å². The smallest absolute Gasteiger partial charge is 0.256 e. The minimum absolute atomic E-state index is 0.0388. The Labute approximate surface area is 281 Å². The lowest BCUT2D eigenvalue weighted by atomic mass is 9.70. The number of aromatic nitrogens is 2. The molecule has 254 valence electrons. The van der Waals surface area contributed by atoms with E-state index in [1.165, 1.54) is 23.9 Å². The third-order valence-electron chi connectivity index (χ3n) is 11.1. The molecule has 11 heteroatoms. The van der Waals surface area contributed by atoms with Crippen LogP contribution in [0.4, 0.5) is 8.78 Å². The fourth-order valence-corrected chi connectivity index (χ4v) is 9.86. The van der Waals surface area contributed by atoms with E-state index in [0.29, 0.717) is 50.1 Å². The summed E-state index contributed by atoms with van der Waals surface area (Å²) in [5.74, 6) is -1.83. The van der Waals surface area contributed by atoms with Gasteiger partial charge in [-0.2, -0.15) is 0 Å². The van der Waals surface area contributed by atoms with Crippen molar-refractivity contribution < 1.29 is 22.0 Å². The summed E-state index contributed by atoms with van der Waals surface area (Å²) in [6.07, 6.45) is 6.93. The van der Waals surface area contributed by atoms with Gasteiger partial charge in [0.1, 0.15) is 22.4 Å². The molecular formula is C37H43F2N5O3S. The molecular weight excluding hydrogens is 633 g/mol. The zero-order valence-corrected chi connectivity index (χ0v) is 28.4. The SMILES string of the molecule is CCNS(=O)(=O)c1cc(C(=O)N2CCC(CCN3[C@@H]4CC[C@H]3CC(n3c(C)nc5ccccc53)C4)(c3ccccc3)CC2)c(F)cc1F. The number of benzene rings is 3. The molecule has 4 aromatic rings. The number of halogens is 2. The number of sulfonamides is 1. The third-order valence-corrected chi connectivity index (χ3v) is 12.7. The number of amides is 1. The number of para-hydroxylation sites is 2. The van der Waals surface area contributed by atoms with E-state index in [2.05, 4.69) is 63.6 Å². The number of carbonyl (C=O) groups is 1. The van der Waals surface area contributed by atoms with Gasteiger partial charge < -0.3 is 9.47 Å². The van der Waals surface area contributed by atoms with Gasteiger partial charge in [0.15, 0.2) is 0 Å². The van der Waals surface area contributed by atoms with Crippen molar-refractivity contribution in [3.05, 3.63) is 95.3 Å². The van der Waals surface area contributed by atoms with Crippen molar-refractivity contribution in [2.75, 3.05) is 26.2 Å². The molecule has 0 radical (unpaired) electrons. The monoisotopic (exact) mass is 675 g/mol. The summed E-state index contributed by atoms with van der Waals surface area (Å²) in [5.41, 5.74) is 2.92. The first kappa shape index (κ1) is 32.9. The van der Waals surface area contributed by atoms with Gasteiger partial charge in [-0.3, -0.25) is 9.69 Å². The third kappa shape index (κ3) is 5.94. The van der Waals surface area contributed by atoms with Crippen LogP contribution >= 0.6 is 0 Å². The largest absolute Gasteiger partial charge is 0.338 e. The van der Waals surface area contributed by atoms with E-state index in [1.807, 2.05) is 12.1 Å². The Morgan fingerprint density at radius 3 is 2.29 bits per heavy atom. The molecule has 3 aromatic carbocycles. The highest BCUT2D eigenvalue weighted by atomic mass is 32.2. The van der Waals surface area contributed by atoms with Crippen molar-refractivity contribution in [2.24, 2.45) is 0 Å². The lowest BCUT2D eigenvalue weighted by molar-refractivity contribution is 0.0602. The van der Waals surface area contributed by atoms with Gasteiger partial charge in [0.2, 0.25) is 10.0 Å². The second-order valence-corrected chi connectivity index (χ2v) is 15.5. The molecule has 2 bridgehead atoms. The van der Waals surface area contributed by atoms with Crippen molar-refractivity contribution in [1.82, 2.24) is 24.1 Å². The number of aryl methyl sites for hydroxylation is 1. The maximum absolute atomic E-state index is 14.9. The molecule has 3 saturated heterocycles. The first-order valence-corrected chi connectivity index (χ1v) is 18.6. The quantitative estimate of drug-likeness (QED) is 0.223. The molecule has 1 unspecified atom stereocenters. The Kier molecular flexibility index (Phi) is 8.89. The summed E-state index contributed by atoms with van der Waals surface area (Å²) in [4.78, 5) is 22.0. The van der Waals surface area contributed by atoms with Crippen LogP contribution in [-0.2, 0) is 15.4 Å². The number of rotatable bonds is 9. The summed E-state index contributed by atoms with van der Waals surface area (Å²) < 4.78 is 59.2. The fraction of sp³-hybridized carbons (Fsp3) is 0.459. The molecule has 1 N–H and O–H groups in total. The molecule has 0 spiro atoms. The normalized spacial score (nSPS) is 22.8. The van der Waals surface area contributed by atoms with Crippen LogP contribution in [0.25, 0.3) is 11.0 Å². The van der Waals surface area contributed by atoms with E-state index in [-0.39, 0.29) is 12.0 Å². The molecule has 48 heavy (non-hydrogen) atoms. The maximum atomic E-state index is 14.9. The van der Waals surface area contributed by atoms with Crippen LogP contribution in [0, 0.1) is 18.6 Å². The number of nitrogens with zero attached hydrogens (tertiary/aromatic N) is 4. The summed E-state index contributed by atoms with van der Waals surface area (Å²) in [7, 11) is -4.22. The van der Waals surface area contributed by atoms with Crippen molar-refractivity contribution in [2.45, 2.75) is 87.2 Å². The lowest BCUT2D eigenvalue weighted by Gasteiger charge is -2.45. The Hall–Kier alpha value is -3.67. The predicted octanol–water partition coefficient (Wildman–Crippen LogP) is 6.35. The second-order valence-electron chi connectivity index (χ2n) is 13.7. The van der Waals surface area contributed by atoms with Gasteiger partial charge in [0, 0.05) is 43.8 Å². The zero-order chi connectivity index (χ0) is 33.6. The Morgan fingerprint density at radius 2 is 1.60 bits per heavy atom. The molecule has 3 aliphatic rings. The van der Waals surface area contributed by atoms with Crippen molar-refractivity contribution >= 4 is 27.0 Å². The molecule has 4 heterocycles. The standard InChI is InChI=1S/C37H43F2N5O3S/c1-3-40-48(46,47)35-23-30(31(38)24-32(35)39)36(45)42-18-15-37(16-19-42,26-9-5-4-6-10-26)17-20-43-27-13-14-28(43)22-29(21-27)44-25(2)41-33-11-7-8-12-34(33)44/h4-12,23-24,27-29,40H,3,13-22H2,1-2H3/t27-,28+,29?. The molecule has 1 aromatic heterocycles. The summed E-state index contributed by atoms with van der Waals surface area (Å²) in [5, 5.41) is 0. The molecule has 3 aliphatic heterocycles. The number of imidazole rings is 1. The molecule has 8 nitrogen and oxygen atoms in total. The number of hydrogen-bond donors (Lipinski definition) is 1. The van der Waals surface area contributed by atoms with E-state index in [9.17, 15) is 22.0 Å². The van der Waals surface area contributed by atoms with Gasteiger partial charge in [-0.25, -0.2) is 26.9 Å². The van der Waals surface area contributed by atoms with Gasteiger partial charge >= 0.3 is 0 Å². The van der Waals surface area contributed by atoms with Gasteiger partial charge in [-0.05, 0) is 87.6 Å². The maximum Gasteiger partial charge on any atom is 0.256 e. The van der Waals surface area contributed by atoms with E-state index in [0.717, 1.165) is 43.2 Å². The molecule has 7 rings (SSSR count). The van der Waals surface area contributed by atoms with Gasteiger partial charge in [0.25, 0.3) is 5.91 Å². The van der Waals surface area contributed by atoms with Crippen LogP contribution in [0.5, 0.6) is 0 Å². The summed E-state index contributed by atoms with van der Waals surface area (Å²) in [6, 6.07) is 21.7. The summed E-state index contributed by atoms with van der Waals surface area (Å²) >= 11 is 0. The minimum Gasteiger partial charge on any atom is -0.338 e. The number of carbonyl (C=O) groups excluding carboxylic acids is 1. The predicted molar refractivity (Wildman–Crippen MR) is 181 cm³/mol. The fourth-order valence-electron chi connectivity index (χ4n) is 8.74. The van der Waals surface area contributed by atoms with Crippen LogP contribution in [0.1, 0.15) is 79.7 Å². The molecule has 3 atom stereocenters. The highest BCUT2D eigenvalue weighted by Gasteiger charge is 2.44. The Bertz CT molecular complexity index is 1910. The molecule has 3 fully saturated rings. The first-order chi connectivity index (χ1) is 23.1. The van der Waals surface area contributed by atoms with Crippen LogP contribution in [0.2, 0.25) is 0 Å². The molecule has 0 saturated carbocycles. The van der Waals surface area contributed by atoms with Crippen molar-refractivity contribution in [1.29, 1.82) is 0 Å². The Balaban J connectivity index is 1.07. The van der Waals surface area contributed by atoms with Crippen molar-refractivity contribution in [3.63, 3.8) is 0 Å². The average molecular weight is 676 g/mol.